The lowest BCUT2D eigenvalue weighted by Crippen LogP contribution is -2.26. The molecule has 6 heteroatoms. The lowest BCUT2D eigenvalue weighted by atomic mass is 10.1. The molecule has 1 unspecified atom stereocenters. The molecule has 23 heavy (non-hydrogen) atoms. The Labute approximate surface area is 140 Å². The maximum Gasteiger partial charge on any atom is 0.319 e. The van der Waals surface area contributed by atoms with E-state index >= 15 is 0 Å². The van der Waals surface area contributed by atoms with E-state index in [-0.39, 0.29) is 17.1 Å². The van der Waals surface area contributed by atoms with Gasteiger partial charge in [0.25, 0.3) is 0 Å². The van der Waals surface area contributed by atoms with Crippen molar-refractivity contribution in [1.82, 2.24) is 15.0 Å². The number of rotatable bonds is 7. The second-order valence-electron chi connectivity index (χ2n) is 5.39. The molecule has 0 aliphatic rings. The Morgan fingerprint density at radius 2 is 2.00 bits per heavy atom. The molecule has 0 aliphatic heterocycles. The molecule has 0 aliphatic carbocycles. The highest BCUT2D eigenvalue weighted by molar-refractivity contribution is 8.00. The van der Waals surface area contributed by atoms with Crippen LogP contribution in [0.5, 0.6) is 0 Å². The molecular weight excluding hydrogens is 310 g/mol. The molecule has 2 aromatic rings. The van der Waals surface area contributed by atoms with Crippen LogP contribution in [0, 0.1) is 5.92 Å². The van der Waals surface area contributed by atoms with Crippen LogP contribution in [0.1, 0.15) is 27.2 Å². The molecule has 0 N–H and O–H groups in total. The number of hydrogen-bond donors (Lipinski definition) is 0. The number of nitrogens with zero attached hydrogens (tertiary/aromatic N) is 3. The minimum Gasteiger partial charge on any atom is -0.465 e. The van der Waals surface area contributed by atoms with Gasteiger partial charge in [0.2, 0.25) is 0 Å². The fraction of sp³-hybridized carbons (Fsp3) is 0.412. The zero-order valence-electron chi connectivity index (χ0n) is 13.6. The van der Waals surface area contributed by atoms with Gasteiger partial charge in [-0.25, -0.2) is 9.97 Å². The maximum absolute atomic E-state index is 12.2. The predicted octanol–water partition coefficient (Wildman–Crippen LogP) is 3.61. The normalized spacial score (nSPS) is 12.2. The standard InChI is InChI=1S/C17H21N3O2S/c1-4-11-22-16(21)15(12(2)3)23-17-19-10-8-14(20-17)13-7-5-6-9-18-13/h5-10,12,15H,4,11H2,1-3H3. The summed E-state index contributed by atoms with van der Waals surface area (Å²) in [4.78, 5) is 25.3. The zero-order chi connectivity index (χ0) is 16.7. The monoisotopic (exact) mass is 331 g/mol. The molecule has 0 aromatic carbocycles. The molecule has 2 heterocycles. The Morgan fingerprint density at radius 3 is 2.65 bits per heavy atom. The quantitative estimate of drug-likeness (QED) is 0.439. The Morgan fingerprint density at radius 1 is 1.17 bits per heavy atom. The molecule has 2 aromatic heterocycles. The number of carbonyl (C=O) groups excluding carboxylic acids is 1. The molecule has 0 spiro atoms. The van der Waals surface area contributed by atoms with Crippen LogP contribution in [0.25, 0.3) is 11.4 Å². The third-order valence-corrected chi connectivity index (χ3v) is 4.48. The van der Waals surface area contributed by atoms with Crippen LogP contribution in [-0.2, 0) is 9.53 Å². The highest BCUT2D eigenvalue weighted by Gasteiger charge is 2.26. The van der Waals surface area contributed by atoms with Crippen LogP contribution in [0.4, 0.5) is 0 Å². The highest BCUT2D eigenvalue weighted by atomic mass is 32.2. The second-order valence-corrected chi connectivity index (χ2v) is 6.50. The summed E-state index contributed by atoms with van der Waals surface area (Å²) in [5.41, 5.74) is 1.53. The van der Waals surface area contributed by atoms with E-state index in [1.54, 1.807) is 12.4 Å². The summed E-state index contributed by atoms with van der Waals surface area (Å²) in [6.07, 6.45) is 4.23. The molecule has 0 bridgehead atoms. The zero-order valence-corrected chi connectivity index (χ0v) is 14.4. The first kappa shape index (κ1) is 17.4. The first-order valence-corrected chi connectivity index (χ1v) is 8.57. The maximum atomic E-state index is 12.2. The fourth-order valence-corrected chi connectivity index (χ4v) is 2.85. The van der Waals surface area contributed by atoms with Gasteiger partial charge in [-0.2, -0.15) is 0 Å². The van der Waals surface area contributed by atoms with Crippen LogP contribution in [0.2, 0.25) is 0 Å². The van der Waals surface area contributed by atoms with Crippen LogP contribution in [-0.4, -0.2) is 32.8 Å². The third-order valence-electron chi connectivity index (χ3n) is 3.08. The average Bonchev–Trinajstić information content (AvgIpc) is 2.58. The molecule has 0 saturated carbocycles. The van der Waals surface area contributed by atoms with Crippen molar-refractivity contribution in [3.63, 3.8) is 0 Å². The van der Waals surface area contributed by atoms with Crippen molar-refractivity contribution < 1.29 is 9.53 Å². The van der Waals surface area contributed by atoms with Gasteiger partial charge in [0.15, 0.2) is 5.16 Å². The first-order valence-electron chi connectivity index (χ1n) is 7.69. The van der Waals surface area contributed by atoms with E-state index in [0.29, 0.717) is 11.8 Å². The van der Waals surface area contributed by atoms with Crippen molar-refractivity contribution in [2.45, 2.75) is 37.6 Å². The Bertz CT molecular complexity index is 635. The van der Waals surface area contributed by atoms with E-state index in [1.165, 1.54) is 11.8 Å². The van der Waals surface area contributed by atoms with Gasteiger partial charge in [0.05, 0.1) is 18.0 Å². The van der Waals surface area contributed by atoms with Crippen LogP contribution in [0.3, 0.4) is 0 Å². The number of carbonyl (C=O) groups is 1. The van der Waals surface area contributed by atoms with Gasteiger partial charge in [-0.05, 0) is 30.5 Å². The van der Waals surface area contributed by atoms with Gasteiger partial charge in [-0.15, -0.1) is 0 Å². The van der Waals surface area contributed by atoms with E-state index in [4.69, 9.17) is 4.74 Å². The van der Waals surface area contributed by atoms with Crippen molar-refractivity contribution in [3.8, 4) is 11.4 Å². The van der Waals surface area contributed by atoms with E-state index in [1.807, 2.05) is 45.0 Å². The number of aromatic nitrogens is 3. The van der Waals surface area contributed by atoms with Crippen molar-refractivity contribution in [3.05, 3.63) is 36.7 Å². The van der Waals surface area contributed by atoms with Gasteiger partial charge in [0, 0.05) is 12.4 Å². The summed E-state index contributed by atoms with van der Waals surface area (Å²) < 4.78 is 5.27. The summed E-state index contributed by atoms with van der Waals surface area (Å²) in [6.45, 7) is 6.41. The molecule has 1 atom stereocenters. The summed E-state index contributed by atoms with van der Waals surface area (Å²) >= 11 is 1.34. The van der Waals surface area contributed by atoms with Crippen molar-refractivity contribution in [1.29, 1.82) is 0 Å². The van der Waals surface area contributed by atoms with E-state index in [2.05, 4.69) is 15.0 Å². The number of ether oxygens (including phenoxy) is 1. The summed E-state index contributed by atoms with van der Waals surface area (Å²) in [7, 11) is 0. The summed E-state index contributed by atoms with van der Waals surface area (Å²) in [5, 5.41) is 0.237. The highest BCUT2D eigenvalue weighted by Crippen LogP contribution is 2.27. The van der Waals surface area contributed by atoms with E-state index in [9.17, 15) is 4.79 Å². The topological polar surface area (TPSA) is 65.0 Å². The Hall–Kier alpha value is -1.95. The van der Waals surface area contributed by atoms with Crippen LogP contribution >= 0.6 is 11.8 Å². The number of thioether (sulfide) groups is 1. The fourth-order valence-electron chi connectivity index (χ4n) is 1.91. The molecule has 5 nitrogen and oxygen atoms in total. The van der Waals surface area contributed by atoms with Gasteiger partial charge in [-0.1, -0.05) is 38.6 Å². The number of hydrogen-bond acceptors (Lipinski definition) is 6. The summed E-state index contributed by atoms with van der Waals surface area (Å²) in [5.74, 6) is -0.0786. The minimum atomic E-state index is -0.319. The molecule has 122 valence electrons. The van der Waals surface area contributed by atoms with Gasteiger partial charge in [0.1, 0.15) is 5.25 Å². The Balaban J connectivity index is 2.16. The number of esters is 1. The number of pyridine rings is 1. The molecule has 2 rings (SSSR count). The minimum absolute atomic E-state index is 0.131. The molecule has 0 radical (unpaired) electrons. The van der Waals surface area contributed by atoms with Crippen LogP contribution in [0.15, 0.2) is 41.8 Å². The largest absolute Gasteiger partial charge is 0.465 e. The van der Waals surface area contributed by atoms with Gasteiger partial charge < -0.3 is 4.74 Å². The molecule has 0 amide bonds. The third kappa shape index (κ3) is 5.03. The molecule has 0 saturated heterocycles. The van der Waals surface area contributed by atoms with Gasteiger partial charge in [-0.3, -0.25) is 9.78 Å². The first-order chi connectivity index (χ1) is 11.1. The Kier molecular flexibility index (Phi) is 6.52. The van der Waals surface area contributed by atoms with E-state index < -0.39 is 0 Å². The lowest BCUT2D eigenvalue weighted by Gasteiger charge is -2.18. The smallest absolute Gasteiger partial charge is 0.319 e. The SMILES string of the molecule is CCCOC(=O)C(Sc1nccc(-c2ccccn2)n1)C(C)C. The molecule has 0 fully saturated rings. The summed E-state index contributed by atoms with van der Waals surface area (Å²) in [6, 6.07) is 7.48. The van der Waals surface area contributed by atoms with Crippen molar-refractivity contribution in [2.24, 2.45) is 5.92 Å². The van der Waals surface area contributed by atoms with Gasteiger partial charge >= 0.3 is 5.97 Å². The second kappa shape index (κ2) is 8.62. The van der Waals surface area contributed by atoms with Crippen molar-refractivity contribution in [2.75, 3.05) is 6.61 Å². The predicted molar refractivity (Wildman–Crippen MR) is 91.0 cm³/mol. The molecular formula is C17H21N3O2S. The van der Waals surface area contributed by atoms with Crippen LogP contribution < -0.4 is 0 Å². The van der Waals surface area contributed by atoms with Crippen molar-refractivity contribution >= 4 is 17.7 Å². The van der Waals surface area contributed by atoms with E-state index in [0.717, 1.165) is 17.8 Å². The average molecular weight is 331 g/mol. The lowest BCUT2D eigenvalue weighted by molar-refractivity contribution is -0.143.